The quantitative estimate of drug-likeness (QED) is 0.618. The third-order valence-corrected chi connectivity index (χ3v) is 3.09. The van der Waals surface area contributed by atoms with Crippen molar-refractivity contribution >= 4 is 22.4 Å². The highest BCUT2D eigenvalue weighted by Crippen LogP contribution is 2.34. The monoisotopic (exact) mass is 227 g/mol. The number of hydrogen-bond acceptors (Lipinski definition) is 5. The van der Waals surface area contributed by atoms with Crippen LogP contribution >= 0.6 is 11.3 Å². The van der Waals surface area contributed by atoms with Crippen LogP contribution in [0.3, 0.4) is 0 Å². The predicted molar refractivity (Wildman–Crippen MR) is 54.4 cm³/mol. The molecule has 0 radical (unpaired) electrons. The molecule has 1 N–H and O–H groups in total. The van der Waals surface area contributed by atoms with E-state index >= 15 is 0 Å². The van der Waals surface area contributed by atoms with Gasteiger partial charge in [-0.1, -0.05) is 0 Å². The van der Waals surface area contributed by atoms with Gasteiger partial charge in [-0.05, 0) is 6.92 Å². The first kappa shape index (κ1) is 10.0. The lowest BCUT2D eigenvalue weighted by atomic mass is 10.4. The molecule has 1 amide bonds. The van der Waals surface area contributed by atoms with E-state index in [0.717, 1.165) is 5.69 Å². The molecule has 80 valence electrons. The van der Waals surface area contributed by atoms with Gasteiger partial charge in [0.25, 0.3) is 0 Å². The minimum absolute atomic E-state index is 0.300. The Morgan fingerprint density at radius 1 is 1.80 bits per heavy atom. The first-order chi connectivity index (χ1) is 7.08. The van der Waals surface area contributed by atoms with Crippen molar-refractivity contribution in [2.24, 2.45) is 5.92 Å². The SMILES string of the molecule is Cc1csc(NC(=O)C2CC2[N+](=O)[O-])n1. The van der Waals surface area contributed by atoms with Crippen LogP contribution in [0.4, 0.5) is 5.13 Å². The van der Waals surface area contributed by atoms with Gasteiger partial charge in [0.15, 0.2) is 5.13 Å². The number of hydrogen-bond donors (Lipinski definition) is 1. The largest absolute Gasteiger partial charge is 0.301 e. The first-order valence-corrected chi connectivity index (χ1v) is 5.32. The molecule has 6 nitrogen and oxygen atoms in total. The molecule has 0 bridgehead atoms. The Labute approximate surface area is 89.5 Å². The highest BCUT2D eigenvalue weighted by molar-refractivity contribution is 7.13. The molecular formula is C8H9N3O3S. The van der Waals surface area contributed by atoms with Gasteiger partial charge in [-0.3, -0.25) is 14.9 Å². The van der Waals surface area contributed by atoms with Crippen LogP contribution in [0, 0.1) is 23.0 Å². The summed E-state index contributed by atoms with van der Waals surface area (Å²) in [6.07, 6.45) is 0.336. The zero-order chi connectivity index (χ0) is 11.0. The van der Waals surface area contributed by atoms with Crippen LogP contribution in [-0.2, 0) is 4.79 Å². The second-order valence-electron chi connectivity index (χ2n) is 3.48. The van der Waals surface area contributed by atoms with Crippen LogP contribution < -0.4 is 5.32 Å². The van der Waals surface area contributed by atoms with Crippen LogP contribution in [0.5, 0.6) is 0 Å². The van der Waals surface area contributed by atoms with Gasteiger partial charge in [-0.2, -0.15) is 0 Å². The molecule has 2 rings (SSSR count). The number of aryl methyl sites for hydroxylation is 1. The van der Waals surface area contributed by atoms with Gasteiger partial charge in [0.1, 0.15) is 5.92 Å². The predicted octanol–water partition coefficient (Wildman–Crippen LogP) is 1.06. The number of nitrogens with zero attached hydrogens (tertiary/aromatic N) is 2. The van der Waals surface area contributed by atoms with Crippen molar-refractivity contribution in [2.75, 3.05) is 5.32 Å². The molecule has 2 unspecified atom stereocenters. The minimum atomic E-state index is -0.703. The van der Waals surface area contributed by atoms with E-state index in [2.05, 4.69) is 10.3 Å². The third-order valence-electron chi connectivity index (χ3n) is 2.21. The maximum absolute atomic E-state index is 11.4. The average molecular weight is 227 g/mol. The number of aromatic nitrogens is 1. The number of carbonyl (C=O) groups is 1. The number of carbonyl (C=O) groups excluding carboxylic acids is 1. The number of rotatable bonds is 3. The normalized spacial score (nSPS) is 23.5. The summed E-state index contributed by atoms with van der Waals surface area (Å²) >= 11 is 1.32. The Bertz CT molecular complexity index is 417. The fourth-order valence-electron chi connectivity index (χ4n) is 1.31. The molecule has 1 saturated carbocycles. The minimum Gasteiger partial charge on any atom is -0.301 e. The Morgan fingerprint density at radius 3 is 3.00 bits per heavy atom. The van der Waals surface area contributed by atoms with Gasteiger partial charge in [0.05, 0.1) is 5.69 Å². The maximum atomic E-state index is 11.4. The van der Waals surface area contributed by atoms with Crippen LogP contribution in [0.15, 0.2) is 5.38 Å². The molecule has 0 saturated heterocycles. The van der Waals surface area contributed by atoms with Gasteiger partial charge in [0.2, 0.25) is 11.9 Å². The Balaban J connectivity index is 1.92. The highest BCUT2D eigenvalue weighted by Gasteiger charge is 2.53. The number of nitrogens with one attached hydrogen (secondary N) is 1. The second kappa shape index (κ2) is 3.58. The van der Waals surface area contributed by atoms with Crippen LogP contribution in [0.2, 0.25) is 0 Å². The molecule has 0 spiro atoms. The Morgan fingerprint density at radius 2 is 2.53 bits per heavy atom. The standard InChI is InChI=1S/C8H9N3O3S/c1-4-3-15-8(9-4)10-7(12)5-2-6(5)11(13)14/h3,5-6H,2H2,1H3,(H,9,10,12). The molecule has 1 fully saturated rings. The first-order valence-electron chi connectivity index (χ1n) is 4.44. The fraction of sp³-hybridized carbons (Fsp3) is 0.500. The summed E-state index contributed by atoms with van der Waals surface area (Å²) in [5.41, 5.74) is 0.830. The number of amides is 1. The van der Waals surface area contributed by atoms with E-state index in [4.69, 9.17) is 0 Å². The summed E-state index contributed by atoms with van der Waals surface area (Å²) in [6.45, 7) is 1.82. The summed E-state index contributed by atoms with van der Waals surface area (Å²) in [5, 5.41) is 15.2. The van der Waals surface area contributed by atoms with Gasteiger partial charge < -0.3 is 5.32 Å². The highest BCUT2D eigenvalue weighted by atomic mass is 32.1. The maximum Gasteiger partial charge on any atom is 0.236 e. The van der Waals surface area contributed by atoms with Gasteiger partial charge in [-0.15, -0.1) is 11.3 Å². The summed E-state index contributed by atoms with van der Waals surface area (Å²) < 4.78 is 0. The van der Waals surface area contributed by atoms with Crippen molar-refractivity contribution < 1.29 is 9.72 Å². The molecule has 1 aromatic rings. The molecule has 0 aliphatic heterocycles. The number of nitro groups is 1. The molecule has 7 heteroatoms. The van der Waals surface area contributed by atoms with E-state index in [0.29, 0.717) is 11.6 Å². The zero-order valence-corrected chi connectivity index (χ0v) is 8.78. The van der Waals surface area contributed by atoms with E-state index in [1.807, 2.05) is 12.3 Å². The van der Waals surface area contributed by atoms with E-state index < -0.39 is 16.9 Å². The molecule has 15 heavy (non-hydrogen) atoms. The second-order valence-corrected chi connectivity index (χ2v) is 4.34. The zero-order valence-electron chi connectivity index (χ0n) is 7.97. The summed E-state index contributed by atoms with van der Waals surface area (Å²) in [6, 6.07) is -0.703. The lowest BCUT2D eigenvalue weighted by Gasteiger charge is -1.97. The molecule has 1 aliphatic rings. The van der Waals surface area contributed by atoms with E-state index in [1.54, 1.807) is 0 Å². The number of thiazole rings is 1. The van der Waals surface area contributed by atoms with Gasteiger partial charge >= 0.3 is 0 Å². The van der Waals surface area contributed by atoms with Crippen molar-refractivity contribution in [3.63, 3.8) is 0 Å². The van der Waals surface area contributed by atoms with Crippen molar-refractivity contribution in [3.8, 4) is 0 Å². The van der Waals surface area contributed by atoms with E-state index in [9.17, 15) is 14.9 Å². The lowest BCUT2D eigenvalue weighted by molar-refractivity contribution is -0.497. The fourth-order valence-corrected chi connectivity index (χ4v) is 2.00. The molecule has 0 aromatic carbocycles. The molecule has 1 aromatic heterocycles. The van der Waals surface area contributed by atoms with Gasteiger partial charge in [-0.25, -0.2) is 4.98 Å². The molecule has 1 aliphatic carbocycles. The Kier molecular flexibility index (Phi) is 2.39. The summed E-state index contributed by atoms with van der Waals surface area (Å²) in [7, 11) is 0. The Hall–Kier alpha value is -1.50. The molecule has 1 heterocycles. The van der Waals surface area contributed by atoms with Crippen LogP contribution in [0.25, 0.3) is 0 Å². The van der Waals surface area contributed by atoms with Crippen LogP contribution in [-0.4, -0.2) is 21.9 Å². The smallest absolute Gasteiger partial charge is 0.236 e. The summed E-state index contributed by atoms with van der Waals surface area (Å²) in [4.78, 5) is 25.4. The summed E-state index contributed by atoms with van der Waals surface area (Å²) in [5.74, 6) is -0.782. The number of anilines is 1. The van der Waals surface area contributed by atoms with Crippen molar-refractivity contribution in [1.29, 1.82) is 0 Å². The van der Waals surface area contributed by atoms with E-state index in [1.165, 1.54) is 11.3 Å². The topological polar surface area (TPSA) is 85.1 Å². The van der Waals surface area contributed by atoms with Gasteiger partial charge in [0, 0.05) is 16.7 Å². The third kappa shape index (κ3) is 2.12. The van der Waals surface area contributed by atoms with Crippen molar-refractivity contribution in [3.05, 3.63) is 21.2 Å². The van der Waals surface area contributed by atoms with Crippen molar-refractivity contribution in [1.82, 2.24) is 4.98 Å². The van der Waals surface area contributed by atoms with E-state index in [-0.39, 0.29) is 5.91 Å². The molecular weight excluding hydrogens is 218 g/mol. The lowest BCUT2D eigenvalue weighted by Crippen LogP contribution is -2.18. The molecule has 2 atom stereocenters. The van der Waals surface area contributed by atoms with Crippen LogP contribution in [0.1, 0.15) is 12.1 Å². The average Bonchev–Trinajstić information content (AvgIpc) is 2.86. The van der Waals surface area contributed by atoms with Crippen molar-refractivity contribution in [2.45, 2.75) is 19.4 Å².